The summed E-state index contributed by atoms with van der Waals surface area (Å²) in [7, 11) is 1.00. The molecule has 0 bridgehead atoms. The van der Waals surface area contributed by atoms with Gasteiger partial charge >= 0.3 is 0 Å². The van der Waals surface area contributed by atoms with Gasteiger partial charge < -0.3 is 25.7 Å². The molecule has 1 heterocycles. The third-order valence-corrected chi connectivity index (χ3v) is 4.91. The molecule has 1 aliphatic heterocycles. The number of piperidine rings is 1. The van der Waals surface area contributed by atoms with Crippen molar-refractivity contribution in [2.75, 3.05) is 32.1 Å². The van der Waals surface area contributed by atoms with Crippen molar-refractivity contribution >= 4 is 11.6 Å². The largest absolute Gasteiger partial charge is 0.400 e. The van der Waals surface area contributed by atoms with E-state index >= 15 is 0 Å². The van der Waals surface area contributed by atoms with Gasteiger partial charge in [-0.3, -0.25) is 9.69 Å². The number of carbonyl (C=O) groups is 1. The molecule has 1 aromatic rings. The van der Waals surface area contributed by atoms with Crippen molar-refractivity contribution in [3.63, 3.8) is 0 Å². The number of carbonyl (C=O) groups excluding carboxylic acids is 1. The highest BCUT2D eigenvalue weighted by molar-refractivity contribution is 5.94. The van der Waals surface area contributed by atoms with E-state index in [-0.39, 0.29) is 18.6 Å². The molecule has 2 rings (SSSR count). The lowest BCUT2D eigenvalue weighted by Crippen LogP contribution is -2.53. The molecule has 7 heteroatoms. The van der Waals surface area contributed by atoms with E-state index in [1.807, 2.05) is 45.0 Å². The molecular weight excluding hydrogens is 360 g/mol. The molecule has 1 aliphatic rings. The Hall–Kier alpha value is -1.51. The minimum atomic E-state index is -0.751. The summed E-state index contributed by atoms with van der Waals surface area (Å²) in [6.45, 7) is 6.79. The van der Waals surface area contributed by atoms with Gasteiger partial charge in [0.15, 0.2) is 0 Å². The number of benzene rings is 1. The maximum absolute atomic E-state index is 12.0. The average molecular weight is 397 g/mol. The van der Waals surface area contributed by atoms with Crippen molar-refractivity contribution in [2.45, 2.75) is 58.3 Å². The van der Waals surface area contributed by atoms with E-state index in [0.29, 0.717) is 13.0 Å². The lowest BCUT2D eigenvalue weighted by Gasteiger charge is -2.39. The second-order valence-electron chi connectivity index (χ2n) is 8.21. The molecule has 160 valence electrons. The van der Waals surface area contributed by atoms with Crippen LogP contribution in [0.3, 0.4) is 0 Å². The van der Waals surface area contributed by atoms with Gasteiger partial charge in [0, 0.05) is 30.8 Å². The van der Waals surface area contributed by atoms with Gasteiger partial charge in [-0.2, -0.15) is 0 Å². The number of nitrogens with zero attached hydrogens (tertiary/aromatic N) is 1. The molecule has 1 saturated heterocycles. The predicted molar refractivity (Wildman–Crippen MR) is 110 cm³/mol. The first-order chi connectivity index (χ1) is 13.2. The molecule has 3 atom stereocenters. The third kappa shape index (κ3) is 7.48. The highest BCUT2D eigenvalue weighted by atomic mass is 16.3. The van der Waals surface area contributed by atoms with Crippen LogP contribution in [0.5, 0.6) is 0 Å². The van der Waals surface area contributed by atoms with Gasteiger partial charge in [0.1, 0.15) is 0 Å². The van der Waals surface area contributed by atoms with Gasteiger partial charge in [-0.25, -0.2) is 0 Å². The molecule has 0 aromatic heterocycles. The average Bonchev–Trinajstić information content (AvgIpc) is 2.66. The van der Waals surface area contributed by atoms with Crippen LogP contribution in [0.2, 0.25) is 0 Å². The summed E-state index contributed by atoms with van der Waals surface area (Å²) in [6, 6.07) is 7.75. The van der Waals surface area contributed by atoms with E-state index < -0.39 is 17.6 Å². The van der Waals surface area contributed by atoms with Crippen molar-refractivity contribution < 1.29 is 25.2 Å². The lowest BCUT2D eigenvalue weighted by atomic mass is 9.95. The zero-order chi connectivity index (χ0) is 21.3. The first-order valence-corrected chi connectivity index (χ1v) is 9.77. The molecule has 1 amide bonds. The van der Waals surface area contributed by atoms with Crippen molar-refractivity contribution in [1.29, 1.82) is 0 Å². The fourth-order valence-corrected chi connectivity index (χ4v) is 3.12. The summed E-state index contributed by atoms with van der Waals surface area (Å²) in [6.07, 6.45) is 0.677. The minimum Gasteiger partial charge on any atom is -0.400 e. The summed E-state index contributed by atoms with van der Waals surface area (Å²) in [5, 5.41) is 38.9. The number of nitrogens with one attached hydrogen (secondary N) is 1. The molecule has 28 heavy (non-hydrogen) atoms. The standard InChI is InChI=1S/C20H32N2O4.CH4O/c1-20(2,3)19(26)21-15-8-6-14(7-9-15)5-4-10-22-12-18(25)17(24)11-16(22)13-23;1-2/h6-9,16-18,23-25H,4-5,10-13H2,1-3H3,(H,21,26);2H,1H3/t16?,17?,18-;/m0./s1. The van der Waals surface area contributed by atoms with Gasteiger partial charge in [-0.1, -0.05) is 32.9 Å². The first kappa shape index (κ1) is 24.5. The number of anilines is 1. The Morgan fingerprint density at radius 2 is 1.75 bits per heavy atom. The highest BCUT2D eigenvalue weighted by Crippen LogP contribution is 2.20. The minimum absolute atomic E-state index is 0.00798. The molecule has 7 nitrogen and oxygen atoms in total. The van der Waals surface area contributed by atoms with Crippen LogP contribution < -0.4 is 5.32 Å². The summed E-state index contributed by atoms with van der Waals surface area (Å²) < 4.78 is 0. The number of aliphatic hydroxyl groups is 4. The Kier molecular flexibility index (Phi) is 10.1. The van der Waals surface area contributed by atoms with Crippen LogP contribution in [0, 0.1) is 5.41 Å². The number of hydrogen-bond donors (Lipinski definition) is 5. The summed E-state index contributed by atoms with van der Waals surface area (Å²) >= 11 is 0. The zero-order valence-electron chi connectivity index (χ0n) is 17.4. The maximum Gasteiger partial charge on any atom is 0.229 e. The first-order valence-electron chi connectivity index (χ1n) is 9.77. The number of aryl methyl sites for hydroxylation is 1. The topological polar surface area (TPSA) is 113 Å². The molecular formula is C21H36N2O5. The number of β-amino-alcohol motifs (C(OH)–C–C–N with tert-alkyl or cyclic N) is 1. The molecule has 0 aliphatic carbocycles. The van der Waals surface area contributed by atoms with Crippen molar-refractivity contribution in [1.82, 2.24) is 4.90 Å². The zero-order valence-corrected chi connectivity index (χ0v) is 17.4. The van der Waals surface area contributed by atoms with E-state index in [1.165, 1.54) is 5.56 Å². The molecule has 0 radical (unpaired) electrons. The Morgan fingerprint density at radius 3 is 2.29 bits per heavy atom. The number of hydrogen-bond acceptors (Lipinski definition) is 6. The summed E-state index contributed by atoms with van der Waals surface area (Å²) in [5.74, 6) is -0.00820. The number of rotatable bonds is 6. The van der Waals surface area contributed by atoms with Crippen LogP contribution in [0.4, 0.5) is 5.69 Å². The normalized spacial score (nSPS) is 22.9. The summed E-state index contributed by atoms with van der Waals surface area (Å²) in [5.41, 5.74) is 1.55. The molecule has 0 spiro atoms. The van der Waals surface area contributed by atoms with Crippen LogP contribution in [0.1, 0.15) is 39.2 Å². The Morgan fingerprint density at radius 1 is 1.14 bits per heavy atom. The van der Waals surface area contributed by atoms with Crippen molar-refractivity contribution in [3.8, 4) is 0 Å². The maximum atomic E-state index is 12.0. The predicted octanol–water partition coefficient (Wildman–Crippen LogP) is 1.00. The second-order valence-corrected chi connectivity index (χ2v) is 8.21. The van der Waals surface area contributed by atoms with Gasteiger partial charge in [0.05, 0.1) is 18.8 Å². The van der Waals surface area contributed by atoms with Crippen LogP contribution in [0.15, 0.2) is 24.3 Å². The van der Waals surface area contributed by atoms with Gasteiger partial charge in [0.25, 0.3) is 0 Å². The SMILES string of the molecule is CC(C)(C)C(=O)Nc1ccc(CCCN2C[C@H](O)C(O)CC2CO)cc1.CO. The van der Waals surface area contributed by atoms with Crippen LogP contribution in [0.25, 0.3) is 0 Å². The quantitative estimate of drug-likeness (QED) is 0.490. The lowest BCUT2D eigenvalue weighted by molar-refractivity contribution is -0.123. The van der Waals surface area contributed by atoms with Gasteiger partial charge in [-0.05, 0) is 43.5 Å². The van der Waals surface area contributed by atoms with Crippen molar-refractivity contribution in [2.24, 2.45) is 5.41 Å². The fourth-order valence-electron chi connectivity index (χ4n) is 3.12. The number of amides is 1. The van der Waals surface area contributed by atoms with Crippen molar-refractivity contribution in [3.05, 3.63) is 29.8 Å². The highest BCUT2D eigenvalue weighted by Gasteiger charge is 2.32. The third-order valence-electron chi connectivity index (χ3n) is 4.91. The monoisotopic (exact) mass is 396 g/mol. The Balaban J connectivity index is 0.00000190. The molecule has 1 fully saturated rings. The van der Waals surface area contributed by atoms with Crippen LogP contribution in [-0.2, 0) is 11.2 Å². The molecule has 1 aromatic carbocycles. The van der Waals surface area contributed by atoms with E-state index in [9.17, 15) is 20.1 Å². The fraction of sp³-hybridized carbons (Fsp3) is 0.667. The summed E-state index contributed by atoms with van der Waals surface area (Å²) in [4.78, 5) is 14.1. The Labute approximate surface area is 168 Å². The Bertz CT molecular complexity index is 585. The van der Waals surface area contributed by atoms with E-state index in [0.717, 1.165) is 32.2 Å². The molecule has 5 N–H and O–H groups in total. The molecule has 2 unspecified atom stereocenters. The number of aliphatic hydroxyl groups excluding tert-OH is 4. The van der Waals surface area contributed by atoms with Crippen LogP contribution in [-0.4, -0.2) is 76.3 Å². The van der Waals surface area contributed by atoms with Gasteiger partial charge in [-0.15, -0.1) is 0 Å². The molecule has 0 saturated carbocycles. The van der Waals surface area contributed by atoms with E-state index in [4.69, 9.17) is 5.11 Å². The second kappa shape index (κ2) is 11.5. The van der Waals surface area contributed by atoms with E-state index in [1.54, 1.807) is 0 Å². The smallest absolute Gasteiger partial charge is 0.229 e. The van der Waals surface area contributed by atoms with Gasteiger partial charge in [0.2, 0.25) is 5.91 Å². The van der Waals surface area contributed by atoms with E-state index in [2.05, 4.69) is 10.2 Å². The number of likely N-dealkylation sites (tertiary alicyclic amines) is 1. The van der Waals surface area contributed by atoms with Crippen LogP contribution >= 0.6 is 0 Å².